The second kappa shape index (κ2) is 5.95. The van der Waals surface area contributed by atoms with Gasteiger partial charge in [0, 0.05) is 11.6 Å². The minimum atomic E-state index is 0.321. The quantitative estimate of drug-likeness (QED) is 0.581. The number of rotatable bonds is 4. The Bertz CT molecular complexity index is 456. The molecule has 1 heterocycles. The highest BCUT2D eigenvalue weighted by Crippen LogP contribution is 2.37. The highest BCUT2D eigenvalue weighted by molar-refractivity contribution is 5.58. The molecule has 5 nitrogen and oxygen atoms in total. The van der Waals surface area contributed by atoms with E-state index in [0.29, 0.717) is 23.2 Å². The smallest absolute Gasteiger partial charge is 0.148 e. The number of hydrazine groups is 1. The van der Waals surface area contributed by atoms with Crippen molar-refractivity contribution in [2.24, 2.45) is 11.3 Å². The molecule has 0 spiro atoms. The molecule has 0 saturated heterocycles. The van der Waals surface area contributed by atoms with Gasteiger partial charge in [-0.05, 0) is 30.6 Å². The Morgan fingerprint density at radius 1 is 1.30 bits per heavy atom. The van der Waals surface area contributed by atoms with Crippen LogP contribution in [0.4, 0.5) is 11.6 Å². The van der Waals surface area contributed by atoms with Crippen LogP contribution >= 0.6 is 0 Å². The van der Waals surface area contributed by atoms with Gasteiger partial charge in [-0.25, -0.2) is 15.8 Å². The highest BCUT2D eigenvalue weighted by atomic mass is 15.3. The highest BCUT2D eigenvalue weighted by Gasteiger charge is 2.28. The summed E-state index contributed by atoms with van der Waals surface area (Å²) < 4.78 is 0. The largest absolute Gasteiger partial charge is 0.367 e. The van der Waals surface area contributed by atoms with Gasteiger partial charge in [-0.3, -0.25) is 0 Å². The van der Waals surface area contributed by atoms with E-state index < -0.39 is 0 Å². The Kier molecular flexibility index (Phi) is 4.48. The van der Waals surface area contributed by atoms with Crippen molar-refractivity contribution in [3.05, 3.63) is 11.9 Å². The van der Waals surface area contributed by atoms with E-state index in [4.69, 9.17) is 5.84 Å². The minimum absolute atomic E-state index is 0.321. The first-order valence-electron chi connectivity index (χ1n) is 7.51. The summed E-state index contributed by atoms with van der Waals surface area (Å²) in [6.07, 6.45) is 6.53. The van der Waals surface area contributed by atoms with Crippen molar-refractivity contribution in [3.63, 3.8) is 0 Å². The molecule has 1 aromatic rings. The van der Waals surface area contributed by atoms with Crippen molar-refractivity contribution in [2.45, 2.75) is 65.3 Å². The molecule has 112 valence electrons. The second-order valence-corrected chi connectivity index (χ2v) is 6.89. The van der Waals surface area contributed by atoms with Gasteiger partial charge in [-0.2, -0.15) is 0 Å². The van der Waals surface area contributed by atoms with Crippen molar-refractivity contribution >= 4 is 11.6 Å². The Balaban J connectivity index is 2.20. The molecule has 4 N–H and O–H groups in total. The van der Waals surface area contributed by atoms with E-state index in [0.717, 1.165) is 11.4 Å². The van der Waals surface area contributed by atoms with Crippen LogP contribution in [0, 0.1) is 5.41 Å². The van der Waals surface area contributed by atoms with Gasteiger partial charge >= 0.3 is 0 Å². The summed E-state index contributed by atoms with van der Waals surface area (Å²) in [6, 6.07) is 0.483. The summed E-state index contributed by atoms with van der Waals surface area (Å²) in [7, 11) is 0. The molecule has 0 radical (unpaired) electrons. The van der Waals surface area contributed by atoms with Crippen LogP contribution in [0.5, 0.6) is 0 Å². The number of hydrogen-bond acceptors (Lipinski definition) is 5. The van der Waals surface area contributed by atoms with Crippen LogP contribution in [-0.4, -0.2) is 16.0 Å². The average Bonchev–Trinajstić information content (AvgIpc) is 2.36. The lowest BCUT2D eigenvalue weighted by Crippen LogP contribution is -2.32. The van der Waals surface area contributed by atoms with Crippen LogP contribution in [0.2, 0.25) is 0 Å². The maximum Gasteiger partial charge on any atom is 0.148 e. The fourth-order valence-corrected chi connectivity index (χ4v) is 3.19. The Labute approximate surface area is 121 Å². The lowest BCUT2D eigenvalue weighted by Gasteiger charge is -2.36. The third-order valence-electron chi connectivity index (χ3n) is 4.14. The molecule has 0 aromatic carbocycles. The predicted octanol–water partition coefficient (Wildman–Crippen LogP) is 3.27. The Morgan fingerprint density at radius 3 is 2.60 bits per heavy atom. The molecule has 0 aliphatic heterocycles. The minimum Gasteiger partial charge on any atom is -0.367 e. The molecule has 1 fully saturated rings. The number of aromatic nitrogens is 2. The van der Waals surface area contributed by atoms with Crippen LogP contribution in [0.1, 0.15) is 64.9 Å². The lowest BCUT2D eigenvalue weighted by molar-refractivity contribution is 0.229. The van der Waals surface area contributed by atoms with Gasteiger partial charge in [-0.1, -0.05) is 34.1 Å². The van der Waals surface area contributed by atoms with Gasteiger partial charge < -0.3 is 10.7 Å². The molecular formula is C15H27N5. The summed E-state index contributed by atoms with van der Waals surface area (Å²) in [5.74, 6) is 7.52. The number of nitrogens with zero attached hydrogens (tertiary/aromatic N) is 2. The zero-order valence-electron chi connectivity index (χ0n) is 13.0. The van der Waals surface area contributed by atoms with Crippen LogP contribution in [0.3, 0.4) is 0 Å². The molecule has 1 unspecified atom stereocenters. The Morgan fingerprint density at radius 2 is 2.00 bits per heavy atom. The molecule has 0 amide bonds. The van der Waals surface area contributed by atoms with E-state index in [9.17, 15) is 0 Å². The van der Waals surface area contributed by atoms with Gasteiger partial charge in [0.1, 0.15) is 18.0 Å². The van der Waals surface area contributed by atoms with Crippen molar-refractivity contribution in [1.29, 1.82) is 0 Å². The molecule has 1 saturated carbocycles. The van der Waals surface area contributed by atoms with Gasteiger partial charge in [0.2, 0.25) is 0 Å². The molecule has 20 heavy (non-hydrogen) atoms. The monoisotopic (exact) mass is 277 g/mol. The molecule has 1 aliphatic rings. The van der Waals surface area contributed by atoms with Crippen LogP contribution < -0.4 is 16.6 Å². The zero-order chi connectivity index (χ0) is 14.8. The summed E-state index contributed by atoms with van der Waals surface area (Å²) in [6.45, 7) is 8.96. The van der Waals surface area contributed by atoms with E-state index in [1.54, 1.807) is 6.33 Å². The number of anilines is 2. The second-order valence-electron chi connectivity index (χ2n) is 6.89. The molecule has 5 heteroatoms. The number of nitrogens with two attached hydrogens (primary N) is 1. The summed E-state index contributed by atoms with van der Waals surface area (Å²) in [4.78, 5) is 8.65. The maximum absolute atomic E-state index is 5.57. The first-order valence-corrected chi connectivity index (χ1v) is 7.51. The predicted molar refractivity (Wildman–Crippen MR) is 83.6 cm³/mol. The summed E-state index contributed by atoms with van der Waals surface area (Å²) in [5.41, 5.74) is 4.16. The van der Waals surface area contributed by atoms with Crippen LogP contribution in [0.25, 0.3) is 0 Å². The van der Waals surface area contributed by atoms with Crippen LogP contribution in [-0.2, 0) is 0 Å². The van der Waals surface area contributed by atoms with Gasteiger partial charge in [0.15, 0.2) is 0 Å². The van der Waals surface area contributed by atoms with E-state index in [2.05, 4.69) is 48.4 Å². The Hall–Kier alpha value is -1.36. The summed E-state index contributed by atoms with van der Waals surface area (Å²) >= 11 is 0. The van der Waals surface area contributed by atoms with E-state index in [1.807, 2.05) is 0 Å². The maximum atomic E-state index is 5.57. The fraction of sp³-hybridized carbons (Fsp3) is 0.733. The van der Waals surface area contributed by atoms with E-state index >= 15 is 0 Å². The van der Waals surface area contributed by atoms with E-state index in [1.165, 1.54) is 25.7 Å². The molecule has 1 aromatic heterocycles. The molecule has 1 aliphatic carbocycles. The fourth-order valence-electron chi connectivity index (χ4n) is 3.19. The summed E-state index contributed by atoms with van der Waals surface area (Å²) in [5, 5.41) is 3.61. The van der Waals surface area contributed by atoms with Crippen LogP contribution in [0.15, 0.2) is 6.33 Å². The normalized spacial score (nSPS) is 21.8. The van der Waals surface area contributed by atoms with Crippen molar-refractivity contribution < 1.29 is 0 Å². The number of nitrogens with one attached hydrogen (secondary N) is 2. The standard InChI is InChI=1S/C15H27N5/c1-10(2)12-13(17-9-18-14(12)20-16)19-11-6-5-7-15(3,4)8-11/h9-11H,5-8,16H2,1-4H3,(H2,17,18,19,20). The molecule has 2 rings (SSSR count). The number of nitrogen functional groups attached to an aromatic ring is 1. The lowest BCUT2D eigenvalue weighted by atomic mass is 9.75. The van der Waals surface area contributed by atoms with Crippen molar-refractivity contribution in [3.8, 4) is 0 Å². The van der Waals surface area contributed by atoms with Gasteiger partial charge in [0.25, 0.3) is 0 Å². The third kappa shape index (κ3) is 3.39. The van der Waals surface area contributed by atoms with Gasteiger partial charge in [0.05, 0.1) is 0 Å². The average molecular weight is 277 g/mol. The van der Waals surface area contributed by atoms with Crippen molar-refractivity contribution in [1.82, 2.24) is 9.97 Å². The van der Waals surface area contributed by atoms with Crippen molar-refractivity contribution in [2.75, 3.05) is 10.7 Å². The molecular weight excluding hydrogens is 250 g/mol. The van der Waals surface area contributed by atoms with Gasteiger partial charge in [-0.15, -0.1) is 0 Å². The first kappa shape index (κ1) is 15.0. The number of hydrogen-bond donors (Lipinski definition) is 3. The topological polar surface area (TPSA) is 75.9 Å². The molecule has 1 atom stereocenters. The first-order chi connectivity index (χ1) is 9.43. The SMILES string of the molecule is CC(C)c1c(NN)ncnc1NC1CCCC(C)(C)C1. The van der Waals surface area contributed by atoms with E-state index in [-0.39, 0.29) is 0 Å². The zero-order valence-corrected chi connectivity index (χ0v) is 13.0. The third-order valence-corrected chi connectivity index (χ3v) is 4.14. The molecule has 0 bridgehead atoms.